The molecule has 0 amide bonds. The van der Waals surface area contributed by atoms with Gasteiger partial charge in [0.25, 0.3) is 0 Å². The van der Waals surface area contributed by atoms with Crippen molar-refractivity contribution < 1.29 is 24.2 Å². The van der Waals surface area contributed by atoms with Crippen LogP contribution in [0.15, 0.2) is 18.2 Å². The molecular weight excluding hydrogens is 284 g/mol. The quantitative estimate of drug-likeness (QED) is 0.668. The summed E-state index contributed by atoms with van der Waals surface area (Å²) >= 11 is 0. The summed E-state index contributed by atoms with van der Waals surface area (Å²) in [7, 11) is 0. The molecule has 1 N–H and O–H groups in total. The SMILES string of the molecule is CCOC(=O)[C@H]1CC[C@@H](Oc2ccc(C(C)=O)c(O)c2)CC1. The molecule has 1 aliphatic rings. The highest BCUT2D eigenvalue weighted by Gasteiger charge is 2.28. The molecule has 120 valence electrons. The molecule has 2 rings (SSSR count). The largest absolute Gasteiger partial charge is 0.507 e. The summed E-state index contributed by atoms with van der Waals surface area (Å²) in [6.45, 7) is 3.63. The molecule has 5 heteroatoms. The van der Waals surface area contributed by atoms with Gasteiger partial charge in [0, 0.05) is 6.07 Å². The molecule has 0 unspecified atom stereocenters. The maximum Gasteiger partial charge on any atom is 0.308 e. The molecule has 1 fully saturated rings. The lowest BCUT2D eigenvalue weighted by atomic mass is 9.87. The summed E-state index contributed by atoms with van der Waals surface area (Å²) in [4.78, 5) is 23.0. The van der Waals surface area contributed by atoms with Crippen LogP contribution >= 0.6 is 0 Å². The average Bonchev–Trinajstić information content (AvgIpc) is 2.48. The molecule has 0 saturated heterocycles. The summed E-state index contributed by atoms with van der Waals surface area (Å²) in [5.41, 5.74) is 0.290. The van der Waals surface area contributed by atoms with Gasteiger partial charge in [-0.25, -0.2) is 0 Å². The van der Waals surface area contributed by atoms with Crippen LogP contribution in [0.1, 0.15) is 49.9 Å². The first-order valence-electron chi connectivity index (χ1n) is 7.68. The van der Waals surface area contributed by atoms with Gasteiger partial charge in [-0.05, 0) is 51.7 Å². The number of carbonyl (C=O) groups is 2. The van der Waals surface area contributed by atoms with Crippen LogP contribution in [-0.4, -0.2) is 29.6 Å². The zero-order valence-corrected chi connectivity index (χ0v) is 13.0. The minimum Gasteiger partial charge on any atom is -0.507 e. The topological polar surface area (TPSA) is 72.8 Å². The third-order valence-corrected chi connectivity index (χ3v) is 3.95. The van der Waals surface area contributed by atoms with Gasteiger partial charge in [-0.15, -0.1) is 0 Å². The molecule has 0 heterocycles. The van der Waals surface area contributed by atoms with E-state index in [0.29, 0.717) is 17.9 Å². The molecule has 5 nitrogen and oxygen atoms in total. The first-order valence-corrected chi connectivity index (χ1v) is 7.68. The van der Waals surface area contributed by atoms with E-state index >= 15 is 0 Å². The van der Waals surface area contributed by atoms with Crippen LogP contribution in [-0.2, 0) is 9.53 Å². The fourth-order valence-corrected chi connectivity index (χ4v) is 2.75. The van der Waals surface area contributed by atoms with E-state index in [1.807, 2.05) is 6.92 Å². The van der Waals surface area contributed by atoms with E-state index in [-0.39, 0.29) is 29.5 Å². The number of carbonyl (C=O) groups excluding carboxylic acids is 2. The fraction of sp³-hybridized carbons (Fsp3) is 0.529. The molecule has 0 aromatic heterocycles. The Bertz CT molecular complexity index is 544. The molecule has 1 saturated carbocycles. The third-order valence-electron chi connectivity index (χ3n) is 3.95. The summed E-state index contributed by atoms with van der Waals surface area (Å²) in [6, 6.07) is 4.72. The van der Waals surface area contributed by atoms with Crippen LogP contribution in [0.5, 0.6) is 11.5 Å². The maximum atomic E-state index is 11.7. The van der Waals surface area contributed by atoms with Crippen LogP contribution in [0.4, 0.5) is 0 Å². The number of benzene rings is 1. The second-order valence-electron chi connectivity index (χ2n) is 5.58. The predicted molar refractivity (Wildman–Crippen MR) is 81.1 cm³/mol. The first-order chi connectivity index (χ1) is 10.5. The van der Waals surface area contributed by atoms with E-state index in [2.05, 4.69) is 0 Å². The van der Waals surface area contributed by atoms with E-state index < -0.39 is 0 Å². The number of rotatable bonds is 5. The Kier molecular flexibility index (Phi) is 5.41. The van der Waals surface area contributed by atoms with Gasteiger partial charge in [0.05, 0.1) is 24.2 Å². The molecule has 0 aliphatic heterocycles. The van der Waals surface area contributed by atoms with Gasteiger partial charge in [-0.1, -0.05) is 0 Å². The van der Waals surface area contributed by atoms with E-state index in [0.717, 1.165) is 25.7 Å². The van der Waals surface area contributed by atoms with Crippen molar-refractivity contribution in [1.82, 2.24) is 0 Å². The van der Waals surface area contributed by atoms with Gasteiger partial charge in [-0.2, -0.15) is 0 Å². The summed E-state index contributed by atoms with van der Waals surface area (Å²) in [5, 5.41) is 9.80. The lowest BCUT2D eigenvalue weighted by Gasteiger charge is -2.27. The second-order valence-corrected chi connectivity index (χ2v) is 5.58. The number of hydrogen-bond acceptors (Lipinski definition) is 5. The number of ether oxygens (including phenoxy) is 2. The zero-order valence-electron chi connectivity index (χ0n) is 13.0. The highest BCUT2D eigenvalue weighted by molar-refractivity contribution is 5.96. The lowest BCUT2D eigenvalue weighted by Crippen LogP contribution is -2.29. The first kappa shape index (κ1) is 16.3. The van der Waals surface area contributed by atoms with Crippen molar-refractivity contribution in [1.29, 1.82) is 0 Å². The normalized spacial score (nSPS) is 21.2. The Morgan fingerprint density at radius 3 is 2.45 bits per heavy atom. The van der Waals surface area contributed by atoms with E-state index in [9.17, 15) is 14.7 Å². The minimum absolute atomic E-state index is 0.0215. The summed E-state index contributed by atoms with van der Waals surface area (Å²) in [5.74, 6) is 0.143. The Balaban J connectivity index is 1.90. The highest BCUT2D eigenvalue weighted by atomic mass is 16.5. The highest BCUT2D eigenvalue weighted by Crippen LogP contribution is 2.30. The third kappa shape index (κ3) is 4.00. The Hall–Kier alpha value is -2.04. The molecule has 1 aromatic carbocycles. The van der Waals surface area contributed by atoms with Crippen molar-refractivity contribution in [2.24, 2.45) is 5.92 Å². The maximum absolute atomic E-state index is 11.7. The molecule has 1 aliphatic carbocycles. The monoisotopic (exact) mass is 306 g/mol. The molecule has 1 aromatic rings. The Morgan fingerprint density at radius 2 is 1.91 bits per heavy atom. The zero-order chi connectivity index (χ0) is 16.1. The van der Waals surface area contributed by atoms with Crippen LogP contribution < -0.4 is 4.74 Å². The molecule has 0 atom stereocenters. The van der Waals surface area contributed by atoms with E-state index in [1.54, 1.807) is 12.1 Å². The smallest absolute Gasteiger partial charge is 0.308 e. The van der Waals surface area contributed by atoms with Gasteiger partial charge >= 0.3 is 5.97 Å². The molecule has 0 radical (unpaired) electrons. The van der Waals surface area contributed by atoms with Crippen molar-refractivity contribution in [2.45, 2.75) is 45.6 Å². The second kappa shape index (κ2) is 7.29. The number of phenols is 1. The number of aromatic hydroxyl groups is 1. The van der Waals surface area contributed by atoms with E-state index in [1.165, 1.54) is 13.0 Å². The van der Waals surface area contributed by atoms with Gasteiger partial charge < -0.3 is 14.6 Å². The van der Waals surface area contributed by atoms with Gasteiger partial charge in [0.15, 0.2) is 5.78 Å². The Morgan fingerprint density at radius 1 is 1.23 bits per heavy atom. The molecular formula is C17H22O5. The Labute approximate surface area is 130 Å². The predicted octanol–water partition coefficient (Wildman–Crippen LogP) is 3.10. The number of ketones is 1. The van der Waals surface area contributed by atoms with Crippen LogP contribution in [0.25, 0.3) is 0 Å². The van der Waals surface area contributed by atoms with Crippen LogP contribution in [0, 0.1) is 5.92 Å². The molecule has 0 spiro atoms. The molecule has 0 bridgehead atoms. The summed E-state index contributed by atoms with van der Waals surface area (Å²) < 4.78 is 10.9. The number of hydrogen-bond donors (Lipinski definition) is 1. The fourth-order valence-electron chi connectivity index (χ4n) is 2.75. The van der Waals surface area contributed by atoms with Crippen LogP contribution in [0.3, 0.4) is 0 Å². The van der Waals surface area contributed by atoms with E-state index in [4.69, 9.17) is 9.47 Å². The number of Topliss-reactive ketones (excluding diaryl/α,β-unsaturated/α-hetero) is 1. The van der Waals surface area contributed by atoms with Crippen molar-refractivity contribution in [3.63, 3.8) is 0 Å². The average molecular weight is 306 g/mol. The number of phenolic OH excluding ortho intramolecular Hbond substituents is 1. The number of esters is 1. The van der Waals surface area contributed by atoms with Gasteiger partial charge in [0.2, 0.25) is 0 Å². The lowest BCUT2D eigenvalue weighted by molar-refractivity contribution is -0.149. The van der Waals surface area contributed by atoms with Crippen molar-refractivity contribution in [2.75, 3.05) is 6.61 Å². The standard InChI is InChI=1S/C17H22O5/c1-3-21-17(20)12-4-6-13(7-5-12)22-14-8-9-15(11(2)18)16(19)10-14/h8-10,12-13,19H,3-7H2,1-2H3/t12-,13+. The van der Waals surface area contributed by atoms with Crippen molar-refractivity contribution in [3.05, 3.63) is 23.8 Å². The minimum atomic E-state index is -0.181. The van der Waals surface area contributed by atoms with Gasteiger partial charge in [-0.3, -0.25) is 9.59 Å². The van der Waals surface area contributed by atoms with Gasteiger partial charge in [0.1, 0.15) is 11.5 Å². The van der Waals surface area contributed by atoms with Crippen LogP contribution in [0.2, 0.25) is 0 Å². The summed E-state index contributed by atoms with van der Waals surface area (Å²) in [6.07, 6.45) is 3.08. The van der Waals surface area contributed by atoms with Crippen molar-refractivity contribution in [3.8, 4) is 11.5 Å². The van der Waals surface area contributed by atoms with Crippen molar-refractivity contribution >= 4 is 11.8 Å². The molecule has 22 heavy (non-hydrogen) atoms.